The van der Waals surface area contributed by atoms with Crippen molar-refractivity contribution in [2.45, 2.75) is 65.6 Å². The van der Waals surface area contributed by atoms with Gasteiger partial charge in [0.15, 0.2) is 0 Å². The molecule has 2 N–H and O–H groups in total. The van der Waals surface area contributed by atoms with Gasteiger partial charge in [-0.25, -0.2) is 0 Å². The molecule has 1 aromatic heterocycles. The summed E-state index contributed by atoms with van der Waals surface area (Å²) in [5.41, 5.74) is 0.338. The Kier molecular flexibility index (Phi) is 5.79. The first-order valence-corrected chi connectivity index (χ1v) is 7.24. The third kappa shape index (κ3) is 5.30. The maximum absolute atomic E-state index is 10.1. The summed E-state index contributed by atoms with van der Waals surface area (Å²) in [7, 11) is -0.945. The van der Waals surface area contributed by atoms with E-state index >= 15 is 0 Å². The van der Waals surface area contributed by atoms with Crippen LogP contribution in [0.1, 0.15) is 41.5 Å². The average Bonchev–Trinajstić information content (AvgIpc) is 2.78. The zero-order valence-electron chi connectivity index (χ0n) is 13.9. The summed E-state index contributed by atoms with van der Waals surface area (Å²) >= 11 is 0. The highest BCUT2D eigenvalue weighted by atomic mass is 16.5. The van der Waals surface area contributed by atoms with Crippen molar-refractivity contribution in [1.82, 2.24) is 9.78 Å². The second-order valence-electron chi connectivity index (χ2n) is 6.61. The third-order valence-electron chi connectivity index (χ3n) is 4.07. The molecule has 0 radical (unpaired) electrons. The van der Waals surface area contributed by atoms with Crippen LogP contribution in [0.25, 0.3) is 0 Å². The smallest absolute Gasteiger partial charge is 0.427 e. The normalized spacial score (nSPS) is 14.1. The van der Waals surface area contributed by atoms with Crippen LogP contribution in [0.5, 0.6) is 0 Å². The number of hydrogen-bond acceptors (Lipinski definition) is 4. The van der Waals surface area contributed by atoms with Gasteiger partial charge in [-0.2, -0.15) is 5.10 Å². The lowest BCUT2D eigenvalue weighted by Gasteiger charge is -2.38. The van der Waals surface area contributed by atoms with Crippen molar-refractivity contribution < 1.29 is 14.8 Å². The molecule has 1 heterocycles. The van der Waals surface area contributed by atoms with Crippen molar-refractivity contribution in [3.05, 3.63) is 29.6 Å². The molecule has 118 valence electrons. The molecule has 0 aliphatic rings. The fraction of sp³-hybridized carbons (Fsp3) is 0.667. The van der Waals surface area contributed by atoms with E-state index in [0.717, 1.165) is 11.1 Å². The first kappa shape index (κ1) is 17.9. The summed E-state index contributed by atoms with van der Waals surface area (Å²) in [4.78, 5) is 0. The van der Waals surface area contributed by atoms with Gasteiger partial charge >= 0.3 is 7.12 Å². The second kappa shape index (κ2) is 6.77. The van der Waals surface area contributed by atoms with E-state index in [1.807, 2.05) is 30.8 Å². The van der Waals surface area contributed by atoms with Gasteiger partial charge in [0, 0.05) is 18.7 Å². The first-order chi connectivity index (χ1) is 9.53. The Morgan fingerprint density at radius 3 is 2.33 bits per heavy atom. The summed E-state index contributed by atoms with van der Waals surface area (Å²) in [6.45, 7) is 11.6. The standard InChI is InChI=1S/C15H27BN2O3/c1-12(13(2)11-18-9-7-8-17-18)10-16(20)21-15(5,6)14(3,4)19/h7-9,19-20H,10-11H2,1-6H3. The van der Waals surface area contributed by atoms with E-state index in [0.29, 0.717) is 12.9 Å². The third-order valence-corrected chi connectivity index (χ3v) is 4.07. The summed E-state index contributed by atoms with van der Waals surface area (Å²) in [5, 5.41) is 24.3. The van der Waals surface area contributed by atoms with Crippen LogP contribution >= 0.6 is 0 Å². The van der Waals surface area contributed by atoms with Crippen LogP contribution in [0, 0.1) is 0 Å². The number of aliphatic hydroxyl groups is 1. The highest BCUT2D eigenvalue weighted by molar-refractivity contribution is 6.43. The van der Waals surface area contributed by atoms with Gasteiger partial charge in [0.1, 0.15) is 0 Å². The zero-order chi connectivity index (χ0) is 16.3. The van der Waals surface area contributed by atoms with Crippen molar-refractivity contribution in [3.8, 4) is 0 Å². The SMILES string of the molecule is CC(CB(O)OC(C)(C)C(C)(C)O)=C(C)Cn1cccn1. The summed E-state index contributed by atoms with van der Waals surface area (Å²) in [6, 6.07) is 1.88. The lowest BCUT2D eigenvalue weighted by Crippen LogP contribution is -2.50. The lowest BCUT2D eigenvalue weighted by molar-refractivity contribution is -0.0997. The molecule has 1 rings (SSSR count). The molecule has 0 unspecified atom stereocenters. The summed E-state index contributed by atoms with van der Waals surface area (Å²) < 4.78 is 7.45. The van der Waals surface area contributed by atoms with Gasteiger partial charge in [-0.3, -0.25) is 4.68 Å². The highest BCUT2D eigenvalue weighted by Gasteiger charge is 2.38. The number of rotatable bonds is 7. The fourth-order valence-corrected chi connectivity index (χ4v) is 1.73. The Hall–Kier alpha value is -1.11. The molecule has 0 aliphatic heterocycles. The molecule has 0 bridgehead atoms. The van der Waals surface area contributed by atoms with E-state index in [2.05, 4.69) is 5.10 Å². The Bertz CT molecular complexity index is 476. The van der Waals surface area contributed by atoms with Crippen LogP contribution in [0.3, 0.4) is 0 Å². The van der Waals surface area contributed by atoms with E-state index in [9.17, 15) is 10.1 Å². The van der Waals surface area contributed by atoms with Crippen molar-refractivity contribution in [2.24, 2.45) is 0 Å². The van der Waals surface area contributed by atoms with Crippen molar-refractivity contribution in [3.63, 3.8) is 0 Å². The molecule has 0 aromatic carbocycles. The maximum atomic E-state index is 10.1. The number of nitrogens with zero attached hydrogens (tertiary/aromatic N) is 2. The van der Waals surface area contributed by atoms with Crippen LogP contribution in [0.4, 0.5) is 0 Å². The summed E-state index contributed by atoms with van der Waals surface area (Å²) in [5.74, 6) is 0. The molecule has 21 heavy (non-hydrogen) atoms. The monoisotopic (exact) mass is 294 g/mol. The second-order valence-corrected chi connectivity index (χ2v) is 6.61. The minimum atomic E-state index is -1.03. The van der Waals surface area contributed by atoms with E-state index < -0.39 is 18.3 Å². The van der Waals surface area contributed by atoms with Gasteiger partial charge in [-0.15, -0.1) is 0 Å². The number of aromatic nitrogens is 2. The Balaban J connectivity index is 2.63. The van der Waals surface area contributed by atoms with Crippen LogP contribution in [-0.4, -0.2) is 38.2 Å². The molecular weight excluding hydrogens is 267 g/mol. The van der Waals surface area contributed by atoms with Crippen molar-refractivity contribution in [1.29, 1.82) is 0 Å². The molecule has 0 atom stereocenters. The molecule has 1 aromatic rings. The predicted octanol–water partition coefficient (Wildman–Crippen LogP) is 2.27. The Morgan fingerprint density at radius 1 is 1.24 bits per heavy atom. The van der Waals surface area contributed by atoms with Gasteiger partial charge in [0.05, 0.1) is 17.7 Å². The topological polar surface area (TPSA) is 67.5 Å². The number of hydrogen-bond donors (Lipinski definition) is 2. The highest BCUT2D eigenvalue weighted by Crippen LogP contribution is 2.27. The minimum absolute atomic E-state index is 0.409. The van der Waals surface area contributed by atoms with Crippen molar-refractivity contribution >= 4 is 7.12 Å². The molecule has 6 heteroatoms. The Morgan fingerprint density at radius 2 is 1.86 bits per heavy atom. The molecule has 5 nitrogen and oxygen atoms in total. The van der Waals surface area contributed by atoms with Gasteiger partial charge in [-0.1, -0.05) is 11.1 Å². The fourth-order valence-electron chi connectivity index (χ4n) is 1.73. The zero-order valence-corrected chi connectivity index (χ0v) is 13.9. The largest absolute Gasteiger partial charge is 0.458 e. The molecular formula is C15H27BN2O3. The van der Waals surface area contributed by atoms with Gasteiger partial charge < -0.3 is 14.8 Å². The predicted molar refractivity (Wildman–Crippen MR) is 84.8 cm³/mol. The van der Waals surface area contributed by atoms with Gasteiger partial charge in [0.25, 0.3) is 0 Å². The van der Waals surface area contributed by atoms with E-state index in [4.69, 9.17) is 4.65 Å². The maximum Gasteiger partial charge on any atom is 0.458 e. The average molecular weight is 294 g/mol. The van der Waals surface area contributed by atoms with E-state index in [1.165, 1.54) is 0 Å². The van der Waals surface area contributed by atoms with Crippen LogP contribution in [-0.2, 0) is 11.2 Å². The molecule has 0 amide bonds. The molecule has 0 saturated heterocycles. The molecule has 0 spiro atoms. The van der Waals surface area contributed by atoms with Gasteiger partial charge in [-0.05, 0) is 47.6 Å². The number of allylic oxidation sites excluding steroid dienone is 2. The van der Waals surface area contributed by atoms with E-state index in [-0.39, 0.29) is 0 Å². The van der Waals surface area contributed by atoms with Crippen LogP contribution in [0.15, 0.2) is 29.6 Å². The first-order valence-electron chi connectivity index (χ1n) is 7.24. The lowest BCUT2D eigenvalue weighted by atomic mass is 9.77. The van der Waals surface area contributed by atoms with Crippen LogP contribution in [0.2, 0.25) is 6.32 Å². The van der Waals surface area contributed by atoms with Crippen molar-refractivity contribution in [2.75, 3.05) is 0 Å². The Labute approximate surface area is 127 Å². The molecule has 0 aliphatic carbocycles. The molecule has 0 saturated carbocycles. The van der Waals surface area contributed by atoms with E-state index in [1.54, 1.807) is 33.9 Å². The van der Waals surface area contributed by atoms with Crippen LogP contribution < -0.4 is 0 Å². The molecule has 0 fully saturated rings. The summed E-state index contributed by atoms with van der Waals surface area (Å²) in [6.07, 6.45) is 4.06. The quantitative estimate of drug-likeness (QED) is 0.598. The minimum Gasteiger partial charge on any atom is -0.427 e. The van der Waals surface area contributed by atoms with Gasteiger partial charge in [0.2, 0.25) is 0 Å².